The van der Waals surface area contributed by atoms with E-state index >= 15 is 0 Å². The highest BCUT2D eigenvalue weighted by Gasteiger charge is 2.27. The number of carboxylic acid groups (broad SMARTS) is 1. The average molecular weight is 391 g/mol. The van der Waals surface area contributed by atoms with Gasteiger partial charge < -0.3 is 29.4 Å². The van der Waals surface area contributed by atoms with Crippen LogP contribution in [0.1, 0.15) is 29.2 Å². The summed E-state index contributed by atoms with van der Waals surface area (Å²) in [6.45, 7) is 0.888. The van der Waals surface area contributed by atoms with Crippen LogP contribution in [0.2, 0.25) is 0 Å². The summed E-state index contributed by atoms with van der Waals surface area (Å²) >= 11 is 0. The van der Waals surface area contributed by atoms with Crippen LogP contribution in [-0.4, -0.2) is 46.0 Å². The minimum atomic E-state index is -1.23. The van der Waals surface area contributed by atoms with Gasteiger partial charge in [-0.15, -0.1) is 0 Å². The molecule has 9 nitrogen and oxygen atoms in total. The Morgan fingerprint density at radius 3 is 2.36 bits per heavy atom. The fourth-order valence-corrected chi connectivity index (χ4v) is 2.99. The molecule has 0 saturated carbocycles. The molecule has 9 heteroatoms. The van der Waals surface area contributed by atoms with Crippen molar-refractivity contribution in [2.75, 3.05) is 14.2 Å². The Morgan fingerprint density at radius 2 is 1.82 bits per heavy atom. The second kappa shape index (κ2) is 8.47. The first kappa shape index (κ1) is 20.8. The highest BCUT2D eigenvalue weighted by molar-refractivity contribution is 5.72. The Morgan fingerprint density at radius 1 is 1.14 bits per heavy atom. The van der Waals surface area contributed by atoms with Crippen LogP contribution in [0.15, 0.2) is 29.1 Å². The second-order valence-corrected chi connectivity index (χ2v) is 6.13. The number of nitrogens with zero attached hydrogens (tertiary/aromatic N) is 1. The van der Waals surface area contributed by atoms with Gasteiger partial charge in [0, 0.05) is 11.6 Å². The van der Waals surface area contributed by atoms with Crippen molar-refractivity contribution in [1.29, 1.82) is 0 Å². The van der Waals surface area contributed by atoms with E-state index in [0.29, 0.717) is 5.56 Å². The van der Waals surface area contributed by atoms with Crippen LogP contribution in [0.3, 0.4) is 0 Å². The lowest BCUT2D eigenvalue weighted by molar-refractivity contribution is -0.141. The second-order valence-electron chi connectivity index (χ2n) is 6.13. The lowest BCUT2D eigenvalue weighted by atomic mass is 9.88. The lowest BCUT2D eigenvalue weighted by Gasteiger charge is -2.20. The fourth-order valence-electron chi connectivity index (χ4n) is 2.99. The molecule has 150 valence electrons. The molecule has 1 aromatic carbocycles. The number of phenols is 1. The maximum Gasteiger partial charge on any atom is 0.323 e. The van der Waals surface area contributed by atoms with Crippen molar-refractivity contribution in [3.05, 3.63) is 51.4 Å². The van der Waals surface area contributed by atoms with Crippen LogP contribution < -0.4 is 10.3 Å². The topological polar surface area (TPSA) is 135 Å². The van der Waals surface area contributed by atoms with Gasteiger partial charge in [0.1, 0.15) is 12.3 Å². The quantitative estimate of drug-likeness (QED) is 0.602. The van der Waals surface area contributed by atoms with Crippen LogP contribution in [0.5, 0.6) is 17.2 Å². The van der Waals surface area contributed by atoms with E-state index in [0.717, 1.165) is 4.57 Å². The summed E-state index contributed by atoms with van der Waals surface area (Å²) in [6.07, 6.45) is -0.304. The predicted octanol–water partition coefficient (Wildman–Crippen LogP) is 1.36. The van der Waals surface area contributed by atoms with E-state index in [2.05, 4.69) is 4.74 Å². The van der Waals surface area contributed by atoms with Gasteiger partial charge in [0.05, 0.1) is 26.2 Å². The van der Waals surface area contributed by atoms with Gasteiger partial charge in [-0.25, -0.2) is 0 Å². The highest BCUT2D eigenvalue weighted by atomic mass is 16.5. The number of benzene rings is 1. The normalized spacial score (nSPS) is 11.7. The number of hydrogen-bond donors (Lipinski definition) is 3. The van der Waals surface area contributed by atoms with E-state index in [1.54, 1.807) is 0 Å². The lowest BCUT2D eigenvalue weighted by Crippen LogP contribution is -2.30. The number of aromatic nitrogens is 1. The Bertz CT molecular complexity index is 963. The van der Waals surface area contributed by atoms with Gasteiger partial charge in [-0.1, -0.05) is 6.07 Å². The molecule has 0 bridgehead atoms. The third kappa shape index (κ3) is 4.25. The Labute approximate surface area is 160 Å². The van der Waals surface area contributed by atoms with Gasteiger partial charge in [-0.2, -0.15) is 0 Å². The van der Waals surface area contributed by atoms with Gasteiger partial charge in [0.15, 0.2) is 11.5 Å². The number of methoxy groups -OCH3 is 2. The number of aromatic hydroxyl groups is 2. The maximum absolute atomic E-state index is 12.9. The molecule has 0 amide bonds. The third-order valence-corrected chi connectivity index (χ3v) is 4.37. The smallest absolute Gasteiger partial charge is 0.323 e. The van der Waals surface area contributed by atoms with E-state index in [1.807, 2.05) is 0 Å². The first-order valence-electron chi connectivity index (χ1n) is 8.28. The van der Waals surface area contributed by atoms with Crippen LogP contribution >= 0.6 is 0 Å². The van der Waals surface area contributed by atoms with Gasteiger partial charge in [0.25, 0.3) is 5.56 Å². The van der Waals surface area contributed by atoms with Gasteiger partial charge >= 0.3 is 11.9 Å². The summed E-state index contributed by atoms with van der Waals surface area (Å²) in [5, 5.41) is 29.6. The Hall–Kier alpha value is -3.49. The molecular weight excluding hydrogens is 370 g/mol. The molecule has 0 spiro atoms. The summed E-state index contributed by atoms with van der Waals surface area (Å²) in [5.41, 5.74) is -0.309. The molecule has 1 unspecified atom stereocenters. The van der Waals surface area contributed by atoms with E-state index in [1.165, 1.54) is 45.4 Å². The van der Waals surface area contributed by atoms with E-state index in [9.17, 15) is 24.6 Å². The van der Waals surface area contributed by atoms with E-state index in [4.69, 9.17) is 9.84 Å². The summed E-state index contributed by atoms with van der Waals surface area (Å²) in [6, 6.07) is 5.56. The zero-order chi connectivity index (χ0) is 21.0. The molecule has 0 aliphatic heterocycles. The van der Waals surface area contributed by atoms with Crippen molar-refractivity contribution in [2.45, 2.75) is 25.8 Å². The van der Waals surface area contributed by atoms with Gasteiger partial charge in [-0.3, -0.25) is 14.4 Å². The van der Waals surface area contributed by atoms with E-state index < -0.39 is 30.0 Å². The first-order valence-corrected chi connectivity index (χ1v) is 8.28. The van der Waals surface area contributed by atoms with Crippen LogP contribution in [0.4, 0.5) is 0 Å². The molecule has 0 fully saturated rings. The summed E-state index contributed by atoms with van der Waals surface area (Å²) in [4.78, 5) is 36.0. The summed E-state index contributed by atoms with van der Waals surface area (Å²) in [5.74, 6) is -3.26. The minimum Gasteiger partial charge on any atom is -0.507 e. The molecule has 28 heavy (non-hydrogen) atoms. The van der Waals surface area contributed by atoms with Crippen molar-refractivity contribution < 1.29 is 34.4 Å². The molecule has 0 aliphatic carbocycles. The molecule has 0 aliphatic rings. The molecule has 0 saturated heterocycles. The number of carbonyl (C=O) groups excluding carboxylic acids is 1. The molecule has 1 aromatic heterocycles. The largest absolute Gasteiger partial charge is 0.507 e. The number of aliphatic carboxylic acids is 1. The number of aryl methyl sites for hydroxylation is 1. The fraction of sp³-hybridized carbons (Fsp3) is 0.316. The number of esters is 1. The molecule has 2 aromatic rings. The van der Waals surface area contributed by atoms with Crippen molar-refractivity contribution in [1.82, 2.24) is 4.57 Å². The number of carbonyl (C=O) groups is 2. The standard InChI is InChI=1S/C19H21NO8/c1-10-6-14(22)18(19(26)20(10)9-16(23)24)12(8-17(25)28-3)11-4-5-15(27-2)13(21)7-11/h4-7,12,21-22H,8-9H2,1-3H3,(H,23,24). The first-order chi connectivity index (χ1) is 13.2. The van der Waals surface area contributed by atoms with Gasteiger partial charge in [0.2, 0.25) is 0 Å². The molecule has 3 N–H and O–H groups in total. The third-order valence-electron chi connectivity index (χ3n) is 4.37. The molecule has 1 heterocycles. The van der Waals surface area contributed by atoms with Gasteiger partial charge in [-0.05, 0) is 30.7 Å². The SMILES string of the molecule is COC(=O)CC(c1ccc(OC)c(O)c1)c1c(O)cc(C)n(CC(=O)O)c1=O. The number of pyridine rings is 1. The average Bonchev–Trinajstić information content (AvgIpc) is 2.63. The van der Waals surface area contributed by atoms with Crippen LogP contribution in [0, 0.1) is 6.92 Å². The minimum absolute atomic E-state index is 0.165. The molecule has 2 rings (SSSR count). The van der Waals surface area contributed by atoms with Crippen molar-refractivity contribution in [3.63, 3.8) is 0 Å². The highest BCUT2D eigenvalue weighted by Crippen LogP contribution is 2.36. The summed E-state index contributed by atoms with van der Waals surface area (Å²) < 4.78 is 10.7. The van der Waals surface area contributed by atoms with E-state index in [-0.39, 0.29) is 34.9 Å². The number of ether oxygens (including phenoxy) is 2. The summed E-state index contributed by atoms with van der Waals surface area (Å²) in [7, 11) is 2.56. The predicted molar refractivity (Wildman–Crippen MR) is 97.9 cm³/mol. The van der Waals surface area contributed by atoms with Crippen molar-refractivity contribution in [3.8, 4) is 17.2 Å². The zero-order valence-electron chi connectivity index (χ0n) is 15.6. The Kier molecular flexibility index (Phi) is 6.29. The number of hydrogen-bond acceptors (Lipinski definition) is 7. The maximum atomic E-state index is 12.9. The number of phenolic OH excluding ortho intramolecular Hbond substituents is 1. The van der Waals surface area contributed by atoms with Crippen molar-refractivity contribution >= 4 is 11.9 Å². The van der Waals surface area contributed by atoms with Crippen LogP contribution in [-0.2, 0) is 20.9 Å². The van der Waals surface area contributed by atoms with Crippen LogP contribution in [0.25, 0.3) is 0 Å². The molecule has 1 atom stereocenters. The molecular formula is C19H21NO8. The molecule has 0 radical (unpaired) electrons. The number of rotatable bonds is 7. The number of carboxylic acids is 1. The van der Waals surface area contributed by atoms with Crippen molar-refractivity contribution in [2.24, 2.45) is 0 Å². The monoisotopic (exact) mass is 391 g/mol. The Balaban J connectivity index is 2.71. The zero-order valence-corrected chi connectivity index (χ0v) is 15.6.